The molecule has 4 aromatic carbocycles. The second kappa shape index (κ2) is 8.49. The van der Waals surface area contributed by atoms with E-state index in [-0.39, 0.29) is 45.4 Å². The number of nitrogens with zero attached hydrogens (tertiary/aromatic N) is 2. The summed E-state index contributed by atoms with van der Waals surface area (Å²) in [4.78, 5) is 50.8. The molecule has 8 heteroatoms. The Balaban J connectivity index is 1.41. The molecule has 1 aliphatic rings. The summed E-state index contributed by atoms with van der Waals surface area (Å²) in [5.41, 5.74) is 2.73. The van der Waals surface area contributed by atoms with Crippen LogP contribution in [0.15, 0.2) is 78.9 Å². The van der Waals surface area contributed by atoms with E-state index < -0.39 is 22.7 Å². The summed E-state index contributed by atoms with van der Waals surface area (Å²) in [6.07, 6.45) is 0. The number of rotatable bonds is 5. The van der Waals surface area contributed by atoms with Crippen molar-refractivity contribution >= 4 is 39.9 Å². The van der Waals surface area contributed by atoms with Crippen LogP contribution in [0.25, 0.3) is 10.8 Å². The van der Waals surface area contributed by atoms with Crippen molar-refractivity contribution in [3.8, 4) is 0 Å². The molecule has 0 saturated heterocycles. The average Bonchev–Trinajstić information content (AvgIpc) is 2.86. The van der Waals surface area contributed by atoms with Crippen LogP contribution in [0, 0.1) is 17.0 Å². The fourth-order valence-electron chi connectivity index (χ4n) is 4.14. The van der Waals surface area contributed by atoms with E-state index in [0.29, 0.717) is 0 Å². The number of nitro groups is 1. The molecular formula is C27H18N2O6. The molecule has 0 spiro atoms. The summed E-state index contributed by atoms with van der Waals surface area (Å²) >= 11 is 0. The first-order valence-corrected chi connectivity index (χ1v) is 10.8. The van der Waals surface area contributed by atoms with Crippen LogP contribution < -0.4 is 4.90 Å². The molecular weight excluding hydrogens is 448 g/mol. The van der Waals surface area contributed by atoms with Gasteiger partial charge in [0.05, 0.1) is 21.6 Å². The predicted octanol–water partition coefficient (Wildman–Crippen LogP) is 5.21. The molecule has 0 bridgehead atoms. The number of carbonyl (C=O) groups is 3. The van der Waals surface area contributed by atoms with Crippen LogP contribution in [0.1, 0.15) is 42.2 Å². The van der Waals surface area contributed by atoms with Gasteiger partial charge in [0.2, 0.25) is 0 Å². The average molecular weight is 466 g/mol. The maximum Gasteiger partial charge on any atom is 0.338 e. The lowest BCUT2D eigenvalue weighted by Crippen LogP contribution is -2.40. The van der Waals surface area contributed by atoms with Crippen LogP contribution in [0.5, 0.6) is 0 Å². The molecule has 172 valence electrons. The zero-order valence-corrected chi connectivity index (χ0v) is 18.6. The Labute approximate surface area is 199 Å². The minimum absolute atomic E-state index is 0.122. The number of ether oxygens (including phenoxy) is 1. The number of nitro benzene ring substituents is 1. The Morgan fingerprint density at radius 3 is 2.20 bits per heavy atom. The smallest absolute Gasteiger partial charge is 0.338 e. The fourth-order valence-corrected chi connectivity index (χ4v) is 4.14. The monoisotopic (exact) mass is 466 g/mol. The lowest BCUT2D eigenvalue weighted by molar-refractivity contribution is -0.383. The van der Waals surface area contributed by atoms with E-state index in [1.54, 1.807) is 6.07 Å². The summed E-state index contributed by atoms with van der Waals surface area (Å²) in [5, 5.41) is 11.9. The molecule has 0 atom stereocenters. The van der Waals surface area contributed by atoms with Crippen LogP contribution in [0.2, 0.25) is 0 Å². The molecule has 0 radical (unpaired) electrons. The number of benzene rings is 4. The maximum absolute atomic E-state index is 13.2. The molecule has 35 heavy (non-hydrogen) atoms. The first kappa shape index (κ1) is 22.0. The highest BCUT2D eigenvalue weighted by molar-refractivity contribution is 6.36. The Kier molecular flexibility index (Phi) is 5.33. The second-order valence-corrected chi connectivity index (χ2v) is 8.17. The normalized spacial score (nSPS) is 12.7. The topological polar surface area (TPSA) is 107 Å². The van der Waals surface area contributed by atoms with Crippen molar-refractivity contribution in [2.45, 2.75) is 13.5 Å². The molecule has 0 fully saturated rings. The van der Waals surface area contributed by atoms with Gasteiger partial charge in [-0.1, -0.05) is 35.9 Å². The molecule has 0 aromatic heterocycles. The molecule has 5 rings (SSSR count). The van der Waals surface area contributed by atoms with Gasteiger partial charge in [-0.3, -0.25) is 19.7 Å². The van der Waals surface area contributed by atoms with Crippen molar-refractivity contribution in [2.75, 3.05) is 4.90 Å². The number of anilines is 1. The number of esters is 1. The van der Waals surface area contributed by atoms with Crippen molar-refractivity contribution in [3.63, 3.8) is 0 Å². The third kappa shape index (κ3) is 3.80. The van der Waals surface area contributed by atoms with Crippen molar-refractivity contribution < 1.29 is 24.0 Å². The van der Waals surface area contributed by atoms with E-state index in [9.17, 15) is 24.5 Å². The summed E-state index contributed by atoms with van der Waals surface area (Å²) in [5.74, 6) is -1.72. The van der Waals surface area contributed by atoms with Crippen LogP contribution in [-0.2, 0) is 11.3 Å². The van der Waals surface area contributed by atoms with Gasteiger partial charge in [-0.15, -0.1) is 0 Å². The van der Waals surface area contributed by atoms with E-state index in [2.05, 4.69) is 0 Å². The number of carbonyl (C=O) groups excluding carboxylic acids is 3. The van der Waals surface area contributed by atoms with Gasteiger partial charge in [-0.05, 0) is 55.0 Å². The molecule has 2 amide bonds. The number of non-ortho nitro benzene ring substituents is 1. The van der Waals surface area contributed by atoms with Crippen LogP contribution in [0.4, 0.5) is 11.4 Å². The molecule has 0 aliphatic carbocycles. The zero-order chi connectivity index (χ0) is 24.7. The summed E-state index contributed by atoms with van der Waals surface area (Å²) < 4.78 is 5.36. The van der Waals surface area contributed by atoms with Gasteiger partial charge >= 0.3 is 5.97 Å². The molecule has 0 unspecified atom stereocenters. The van der Waals surface area contributed by atoms with E-state index in [0.717, 1.165) is 16.0 Å². The number of imide groups is 1. The number of hydrogen-bond acceptors (Lipinski definition) is 6. The van der Waals surface area contributed by atoms with Gasteiger partial charge in [0.15, 0.2) is 0 Å². The first-order chi connectivity index (χ1) is 16.8. The van der Waals surface area contributed by atoms with E-state index >= 15 is 0 Å². The number of amides is 2. The molecule has 0 saturated carbocycles. The molecule has 1 aliphatic heterocycles. The molecule has 8 nitrogen and oxygen atoms in total. The van der Waals surface area contributed by atoms with E-state index in [1.807, 2.05) is 31.2 Å². The van der Waals surface area contributed by atoms with Gasteiger partial charge in [-0.25, -0.2) is 9.69 Å². The highest BCUT2D eigenvalue weighted by Crippen LogP contribution is 2.36. The van der Waals surface area contributed by atoms with Gasteiger partial charge in [0.1, 0.15) is 6.61 Å². The summed E-state index contributed by atoms with van der Waals surface area (Å²) in [7, 11) is 0. The fraction of sp³-hybridized carbons (Fsp3) is 0.0741. The van der Waals surface area contributed by atoms with Gasteiger partial charge in [0, 0.05) is 22.6 Å². The highest BCUT2D eigenvalue weighted by atomic mass is 16.6. The quantitative estimate of drug-likeness (QED) is 0.173. The Hall–Kier alpha value is -4.85. The maximum atomic E-state index is 13.2. The van der Waals surface area contributed by atoms with Crippen LogP contribution in [-0.4, -0.2) is 22.7 Å². The van der Waals surface area contributed by atoms with Gasteiger partial charge in [-0.2, -0.15) is 0 Å². The van der Waals surface area contributed by atoms with Gasteiger partial charge < -0.3 is 4.74 Å². The number of hydrogen-bond donors (Lipinski definition) is 0. The minimum Gasteiger partial charge on any atom is -0.457 e. The van der Waals surface area contributed by atoms with E-state index in [4.69, 9.17) is 4.74 Å². The third-order valence-corrected chi connectivity index (χ3v) is 5.93. The predicted molar refractivity (Wildman–Crippen MR) is 128 cm³/mol. The van der Waals surface area contributed by atoms with Crippen LogP contribution in [0.3, 0.4) is 0 Å². The SMILES string of the molecule is Cc1ccc(COC(=O)c2ccc(N3C(=O)c4cccc5c([N+](=O)[O-])ccc(c45)C3=O)cc2)cc1. The lowest BCUT2D eigenvalue weighted by Gasteiger charge is -2.27. The van der Waals surface area contributed by atoms with Crippen molar-refractivity contribution in [1.82, 2.24) is 0 Å². The molecule has 0 N–H and O–H groups in total. The standard InChI is InChI=1S/C27H18N2O6/c1-16-5-7-17(8-6-16)15-35-27(32)18-9-11-19(12-10-18)28-25(30)21-4-2-3-20-23(29(33)34)14-13-22(24(20)21)26(28)31/h2-14H,15H2,1H3. The van der Waals surface area contributed by atoms with Crippen molar-refractivity contribution in [3.05, 3.63) is 117 Å². The van der Waals surface area contributed by atoms with Crippen molar-refractivity contribution in [1.29, 1.82) is 0 Å². The second-order valence-electron chi connectivity index (χ2n) is 8.17. The highest BCUT2D eigenvalue weighted by Gasteiger charge is 2.35. The Morgan fingerprint density at radius 2 is 1.54 bits per heavy atom. The van der Waals surface area contributed by atoms with E-state index in [1.165, 1.54) is 48.5 Å². The van der Waals surface area contributed by atoms with Crippen LogP contribution >= 0.6 is 0 Å². The molecule has 1 heterocycles. The zero-order valence-electron chi connectivity index (χ0n) is 18.6. The number of aryl methyl sites for hydroxylation is 1. The van der Waals surface area contributed by atoms with Crippen molar-refractivity contribution in [2.24, 2.45) is 0 Å². The lowest BCUT2D eigenvalue weighted by atomic mass is 9.92. The summed E-state index contributed by atoms with van der Waals surface area (Å²) in [6, 6.07) is 20.8. The first-order valence-electron chi connectivity index (χ1n) is 10.8. The summed E-state index contributed by atoms with van der Waals surface area (Å²) in [6.45, 7) is 2.09. The Morgan fingerprint density at radius 1 is 0.886 bits per heavy atom. The minimum atomic E-state index is -0.594. The molecule has 4 aromatic rings. The Bertz CT molecular complexity index is 1500. The largest absolute Gasteiger partial charge is 0.457 e. The van der Waals surface area contributed by atoms with Gasteiger partial charge in [0.25, 0.3) is 17.5 Å². The third-order valence-electron chi connectivity index (χ3n) is 5.93.